The second-order valence-corrected chi connectivity index (χ2v) is 4.30. The molecule has 0 heterocycles. The Morgan fingerprint density at radius 3 is 2.50 bits per heavy atom. The first-order chi connectivity index (χ1) is 5.49. The Morgan fingerprint density at radius 1 is 1.42 bits per heavy atom. The smallest absolute Gasteiger partial charge is 0.0715 e. The van der Waals surface area contributed by atoms with Crippen LogP contribution < -0.4 is 5.32 Å². The molecule has 0 saturated heterocycles. The second kappa shape index (κ2) is 3.73. The molecule has 3 nitrogen and oxygen atoms in total. The molecule has 2 unspecified atom stereocenters. The summed E-state index contributed by atoms with van der Waals surface area (Å²) in [7, 11) is 0. The predicted molar refractivity (Wildman–Crippen MR) is 47.9 cm³/mol. The zero-order chi connectivity index (χ0) is 9.19. The number of rotatable bonds is 3. The Morgan fingerprint density at radius 2 is 2.08 bits per heavy atom. The summed E-state index contributed by atoms with van der Waals surface area (Å²) in [5, 5.41) is 22.0. The first-order valence-electron chi connectivity index (χ1n) is 4.63. The molecule has 1 aliphatic rings. The van der Waals surface area contributed by atoms with Gasteiger partial charge in [-0.15, -0.1) is 0 Å². The van der Waals surface area contributed by atoms with Crippen molar-refractivity contribution in [2.24, 2.45) is 0 Å². The van der Waals surface area contributed by atoms with E-state index in [9.17, 15) is 10.2 Å². The molecule has 0 aromatic rings. The zero-order valence-corrected chi connectivity index (χ0v) is 7.88. The van der Waals surface area contributed by atoms with Gasteiger partial charge >= 0.3 is 0 Å². The van der Waals surface area contributed by atoms with Crippen molar-refractivity contribution in [2.75, 3.05) is 6.54 Å². The molecule has 0 aliphatic heterocycles. The van der Waals surface area contributed by atoms with Gasteiger partial charge < -0.3 is 15.5 Å². The van der Waals surface area contributed by atoms with Crippen LogP contribution in [0, 0.1) is 0 Å². The lowest BCUT2D eigenvalue weighted by Gasteiger charge is -2.23. The van der Waals surface area contributed by atoms with Crippen molar-refractivity contribution < 1.29 is 10.2 Å². The lowest BCUT2D eigenvalue weighted by atomic mass is 10.1. The summed E-state index contributed by atoms with van der Waals surface area (Å²) in [5.41, 5.74) is -0.678. The first-order valence-corrected chi connectivity index (χ1v) is 4.63. The highest BCUT2D eigenvalue weighted by Gasteiger charge is 2.26. The number of nitrogens with one attached hydrogen (secondary N) is 1. The third-order valence-electron chi connectivity index (χ3n) is 2.28. The predicted octanol–water partition coefficient (Wildman–Crippen LogP) is 0.260. The molecule has 0 radical (unpaired) electrons. The SMILES string of the molecule is CC(C)(O)CNC1CCCC1O. The Bertz CT molecular complexity index is 142. The first kappa shape index (κ1) is 9.96. The molecule has 1 aliphatic carbocycles. The fourth-order valence-corrected chi connectivity index (χ4v) is 1.56. The van der Waals surface area contributed by atoms with Crippen LogP contribution in [0.3, 0.4) is 0 Å². The molecule has 0 bridgehead atoms. The summed E-state index contributed by atoms with van der Waals surface area (Å²) < 4.78 is 0. The fourth-order valence-electron chi connectivity index (χ4n) is 1.56. The van der Waals surface area contributed by atoms with Crippen molar-refractivity contribution >= 4 is 0 Å². The fraction of sp³-hybridized carbons (Fsp3) is 1.00. The van der Waals surface area contributed by atoms with Gasteiger partial charge in [-0.1, -0.05) is 0 Å². The number of hydrogen-bond donors (Lipinski definition) is 3. The van der Waals surface area contributed by atoms with Crippen LogP contribution >= 0.6 is 0 Å². The van der Waals surface area contributed by atoms with Crippen LogP contribution in [0.5, 0.6) is 0 Å². The highest BCUT2D eigenvalue weighted by molar-refractivity contribution is 4.84. The van der Waals surface area contributed by atoms with Crippen LogP contribution in [0.4, 0.5) is 0 Å². The van der Waals surface area contributed by atoms with Crippen LogP contribution in [-0.4, -0.2) is 34.5 Å². The highest BCUT2D eigenvalue weighted by atomic mass is 16.3. The molecule has 3 N–H and O–H groups in total. The van der Waals surface area contributed by atoms with Gasteiger partial charge in [-0.2, -0.15) is 0 Å². The maximum atomic E-state index is 9.44. The largest absolute Gasteiger partial charge is 0.392 e. The van der Waals surface area contributed by atoms with Gasteiger partial charge in [0.15, 0.2) is 0 Å². The Balaban J connectivity index is 2.23. The summed E-state index contributed by atoms with van der Waals surface area (Å²) >= 11 is 0. The van der Waals surface area contributed by atoms with Crippen molar-refractivity contribution in [2.45, 2.75) is 50.9 Å². The zero-order valence-electron chi connectivity index (χ0n) is 7.88. The third-order valence-corrected chi connectivity index (χ3v) is 2.28. The van der Waals surface area contributed by atoms with Crippen LogP contribution in [-0.2, 0) is 0 Å². The van der Waals surface area contributed by atoms with Crippen molar-refractivity contribution in [3.8, 4) is 0 Å². The van der Waals surface area contributed by atoms with E-state index in [0.29, 0.717) is 6.54 Å². The minimum atomic E-state index is -0.678. The van der Waals surface area contributed by atoms with Gasteiger partial charge in [0.1, 0.15) is 0 Å². The van der Waals surface area contributed by atoms with Crippen LogP contribution in [0.2, 0.25) is 0 Å². The van der Waals surface area contributed by atoms with E-state index >= 15 is 0 Å². The Kier molecular flexibility index (Phi) is 3.09. The van der Waals surface area contributed by atoms with Crippen LogP contribution in [0.25, 0.3) is 0 Å². The maximum absolute atomic E-state index is 9.44. The highest BCUT2D eigenvalue weighted by Crippen LogP contribution is 2.18. The topological polar surface area (TPSA) is 52.5 Å². The maximum Gasteiger partial charge on any atom is 0.0715 e. The normalized spacial score (nSPS) is 31.0. The molecule has 0 aromatic heterocycles. The van der Waals surface area contributed by atoms with Crippen LogP contribution in [0.15, 0.2) is 0 Å². The van der Waals surface area contributed by atoms with Crippen molar-refractivity contribution in [3.63, 3.8) is 0 Å². The van der Waals surface area contributed by atoms with Gasteiger partial charge in [0, 0.05) is 12.6 Å². The summed E-state index contributed by atoms with van der Waals surface area (Å²) in [5.74, 6) is 0. The minimum Gasteiger partial charge on any atom is -0.392 e. The molecule has 1 rings (SSSR count). The van der Waals surface area contributed by atoms with E-state index in [1.807, 2.05) is 0 Å². The molecule has 2 atom stereocenters. The Hall–Kier alpha value is -0.120. The van der Waals surface area contributed by atoms with Gasteiger partial charge in [-0.3, -0.25) is 0 Å². The van der Waals surface area contributed by atoms with Crippen molar-refractivity contribution in [3.05, 3.63) is 0 Å². The molecule has 1 fully saturated rings. The van der Waals surface area contributed by atoms with E-state index in [0.717, 1.165) is 19.3 Å². The summed E-state index contributed by atoms with van der Waals surface area (Å²) in [6, 6.07) is 0.191. The Labute approximate surface area is 73.8 Å². The molecular weight excluding hydrogens is 154 g/mol. The molecule has 0 aromatic carbocycles. The quantitative estimate of drug-likeness (QED) is 0.574. The number of aliphatic hydroxyl groups excluding tert-OH is 1. The molecule has 0 spiro atoms. The summed E-state index contributed by atoms with van der Waals surface area (Å²) in [6.07, 6.45) is 2.79. The van der Waals surface area contributed by atoms with Crippen molar-refractivity contribution in [1.82, 2.24) is 5.32 Å². The summed E-state index contributed by atoms with van der Waals surface area (Å²) in [4.78, 5) is 0. The second-order valence-electron chi connectivity index (χ2n) is 4.30. The van der Waals surface area contributed by atoms with Gasteiger partial charge in [0.05, 0.1) is 11.7 Å². The van der Waals surface area contributed by atoms with E-state index in [-0.39, 0.29) is 12.1 Å². The van der Waals surface area contributed by atoms with E-state index in [4.69, 9.17) is 0 Å². The monoisotopic (exact) mass is 173 g/mol. The molecule has 1 saturated carbocycles. The number of hydrogen-bond acceptors (Lipinski definition) is 3. The molecular formula is C9H19NO2. The standard InChI is InChI=1S/C9H19NO2/c1-9(2,12)6-10-7-4-3-5-8(7)11/h7-8,10-12H,3-6H2,1-2H3. The third kappa shape index (κ3) is 3.09. The average Bonchev–Trinajstić information content (AvgIpc) is 2.29. The van der Waals surface area contributed by atoms with Crippen LogP contribution in [0.1, 0.15) is 33.1 Å². The number of aliphatic hydroxyl groups is 2. The van der Waals surface area contributed by atoms with Crippen molar-refractivity contribution in [1.29, 1.82) is 0 Å². The van der Waals surface area contributed by atoms with Gasteiger partial charge in [0.25, 0.3) is 0 Å². The van der Waals surface area contributed by atoms with E-state index in [1.165, 1.54) is 0 Å². The van der Waals surface area contributed by atoms with E-state index in [1.54, 1.807) is 13.8 Å². The average molecular weight is 173 g/mol. The molecule has 72 valence electrons. The summed E-state index contributed by atoms with van der Waals surface area (Å²) in [6.45, 7) is 4.08. The van der Waals surface area contributed by atoms with Gasteiger partial charge in [-0.05, 0) is 33.1 Å². The lowest BCUT2D eigenvalue weighted by molar-refractivity contribution is 0.0667. The molecule has 0 amide bonds. The molecule has 12 heavy (non-hydrogen) atoms. The lowest BCUT2D eigenvalue weighted by Crippen LogP contribution is -2.43. The van der Waals surface area contributed by atoms with Gasteiger partial charge in [-0.25, -0.2) is 0 Å². The minimum absolute atomic E-state index is 0.191. The van der Waals surface area contributed by atoms with E-state index < -0.39 is 5.60 Å². The molecule has 3 heteroatoms. The van der Waals surface area contributed by atoms with E-state index in [2.05, 4.69) is 5.32 Å². The van der Waals surface area contributed by atoms with Gasteiger partial charge in [0.2, 0.25) is 0 Å².